The molecular weight excluding hydrogens is 266 g/mol. The number of carbonyl (C=O) groups is 1. The van der Waals surface area contributed by atoms with Crippen molar-refractivity contribution in [3.8, 4) is 5.75 Å². The van der Waals surface area contributed by atoms with Gasteiger partial charge in [-0.15, -0.1) is 0 Å². The molecule has 0 aliphatic heterocycles. The largest absolute Gasteiger partial charge is 0.508 e. The highest BCUT2D eigenvalue weighted by Gasteiger charge is 2.15. The fraction of sp³-hybridized carbons (Fsp3) is 0.222. The topological polar surface area (TPSA) is 101 Å². The molecule has 1 aromatic carbocycles. The van der Waals surface area contributed by atoms with Gasteiger partial charge in [0.25, 0.3) is 0 Å². The average molecular weight is 278 g/mol. The Hall–Kier alpha value is -1.11. The van der Waals surface area contributed by atoms with Gasteiger partial charge in [-0.1, -0.05) is 12.1 Å². The lowest BCUT2D eigenvalue weighted by molar-refractivity contribution is -0.138. The number of halogens is 1. The first-order valence-corrected chi connectivity index (χ1v) is 4.79. The van der Waals surface area contributed by atoms with Gasteiger partial charge in [-0.2, -0.15) is 0 Å². The number of aromatic hydroxyl groups is 1. The molecule has 84 valence electrons. The Bertz CT molecular complexity index is 314. The van der Waals surface area contributed by atoms with Crippen LogP contribution in [0.25, 0.3) is 0 Å². The number of carboxylic acid groups (broad SMARTS) is 1. The van der Waals surface area contributed by atoms with Crippen LogP contribution in [0.15, 0.2) is 24.3 Å². The van der Waals surface area contributed by atoms with E-state index in [1.165, 1.54) is 12.1 Å². The van der Waals surface area contributed by atoms with Crippen molar-refractivity contribution in [1.29, 1.82) is 0 Å². The lowest BCUT2D eigenvalue weighted by Gasteiger charge is -2.09. The second kappa shape index (κ2) is 6.39. The Balaban J connectivity index is 0.00000196. The Morgan fingerprint density at radius 3 is 2.33 bits per heavy atom. The highest BCUT2D eigenvalue weighted by molar-refractivity contribution is 9.08. The summed E-state index contributed by atoms with van der Waals surface area (Å²) >= 11 is 2.91. The molecule has 15 heavy (non-hydrogen) atoms. The van der Waals surface area contributed by atoms with E-state index in [0.717, 1.165) is 5.56 Å². The van der Waals surface area contributed by atoms with E-state index in [1.54, 1.807) is 12.1 Å². The summed E-state index contributed by atoms with van der Waals surface area (Å²) in [7, 11) is 0. The molecule has 1 rings (SSSR count). The van der Waals surface area contributed by atoms with Crippen LogP contribution in [0.5, 0.6) is 5.75 Å². The maximum atomic E-state index is 10.7. The number of aliphatic carboxylic acids is 1. The molecule has 6 heteroatoms. The van der Waals surface area contributed by atoms with Gasteiger partial charge in [0.1, 0.15) is 11.8 Å². The zero-order valence-electron chi connectivity index (χ0n) is 7.77. The van der Waals surface area contributed by atoms with Gasteiger partial charge in [0, 0.05) is 16.1 Å². The Labute approximate surface area is 95.4 Å². The van der Waals surface area contributed by atoms with Crippen LogP contribution in [0.3, 0.4) is 0 Å². The molecule has 0 fully saturated rings. The molecule has 0 aromatic heterocycles. The molecule has 0 aliphatic rings. The van der Waals surface area contributed by atoms with Crippen molar-refractivity contribution in [1.82, 2.24) is 4.34 Å². The van der Waals surface area contributed by atoms with E-state index in [0.29, 0.717) is 6.42 Å². The van der Waals surface area contributed by atoms with Gasteiger partial charge in [0.15, 0.2) is 0 Å². The van der Waals surface area contributed by atoms with Crippen LogP contribution in [0.4, 0.5) is 0 Å². The summed E-state index contributed by atoms with van der Waals surface area (Å²) in [5, 5.41) is 17.8. The molecule has 0 amide bonds. The molecule has 0 bridgehead atoms. The number of benzene rings is 1. The first-order chi connectivity index (χ1) is 6.63. The van der Waals surface area contributed by atoms with Crippen molar-refractivity contribution < 1.29 is 20.5 Å². The first kappa shape index (κ1) is 13.9. The second-order valence-corrected chi connectivity index (χ2v) is 3.33. The Morgan fingerprint density at radius 1 is 1.40 bits per heavy atom. The number of phenols is 1. The normalized spacial score (nSPS) is 11.5. The van der Waals surface area contributed by atoms with Crippen molar-refractivity contribution in [2.75, 3.05) is 0 Å². The zero-order chi connectivity index (χ0) is 10.6. The minimum absolute atomic E-state index is 0. The molecule has 0 radical (unpaired) electrons. The van der Waals surface area contributed by atoms with Crippen molar-refractivity contribution in [3.05, 3.63) is 29.8 Å². The fourth-order valence-corrected chi connectivity index (χ4v) is 1.40. The standard InChI is InChI=1S/C9H10BrNO3.H2O/c10-11-8(9(13)14)5-6-1-3-7(12)4-2-6;/h1-4,8,11-12H,5H2,(H,13,14);1H2/t8-;/m0./s1. The van der Waals surface area contributed by atoms with Gasteiger partial charge < -0.3 is 15.7 Å². The molecule has 0 heterocycles. The summed E-state index contributed by atoms with van der Waals surface area (Å²) < 4.78 is 2.52. The van der Waals surface area contributed by atoms with E-state index in [-0.39, 0.29) is 11.2 Å². The molecule has 0 saturated carbocycles. The van der Waals surface area contributed by atoms with E-state index in [4.69, 9.17) is 10.2 Å². The predicted octanol–water partition coefficient (Wildman–Crippen LogP) is 0.463. The predicted molar refractivity (Wildman–Crippen MR) is 58.9 cm³/mol. The summed E-state index contributed by atoms with van der Waals surface area (Å²) in [5.74, 6) is -0.748. The minimum Gasteiger partial charge on any atom is -0.508 e. The summed E-state index contributed by atoms with van der Waals surface area (Å²) in [4.78, 5) is 10.7. The summed E-state index contributed by atoms with van der Waals surface area (Å²) in [5.41, 5.74) is 0.849. The summed E-state index contributed by atoms with van der Waals surface area (Å²) in [6.45, 7) is 0. The molecule has 0 unspecified atom stereocenters. The van der Waals surface area contributed by atoms with Crippen molar-refractivity contribution in [3.63, 3.8) is 0 Å². The first-order valence-electron chi connectivity index (χ1n) is 4.00. The molecule has 1 atom stereocenters. The van der Waals surface area contributed by atoms with Crippen LogP contribution in [-0.4, -0.2) is 27.7 Å². The third-order valence-electron chi connectivity index (χ3n) is 1.81. The quantitative estimate of drug-likeness (QED) is 0.696. The third kappa shape index (κ3) is 4.28. The number of rotatable bonds is 4. The SMILES string of the molecule is O.O=C(O)[C@H](Cc1ccc(O)cc1)NBr. The fourth-order valence-electron chi connectivity index (χ4n) is 1.04. The molecule has 0 spiro atoms. The number of hydrogen-bond donors (Lipinski definition) is 3. The number of nitrogens with one attached hydrogen (secondary N) is 1. The maximum absolute atomic E-state index is 10.7. The summed E-state index contributed by atoms with van der Waals surface area (Å²) in [6.07, 6.45) is 0.362. The number of hydrogen-bond acceptors (Lipinski definition) is 3. The molecule has 5 nitrogen and oxygen atoms in total. The lowest BCUT2D eigenvalue weighted by Crippen LogP contribution is -2.32. The second-order valence-electron chi connectivity index (χ2n) is 2.87. The van der Waals surface area contributed by atoms with Crippen LogP contribution in [0, 0.1) is 0 Å². The van der Waals surface area contributed by atoms with E-state index in [2.05, 4.69) is 20.5 Å². The van der Waals surface area contributed by atoms with Gasteiger partial charge in [-0.3, -0.25) is 4.79 Å². The van der Waals surface area contributed by atoms with Crippen molar-refractivity contribution >= 4 is 22.1 Å². The monoisotopic (exact) mass is 277 g/mol. The van der Waals surface area contributed by atoms with Gasteiger partial charge >= 0.3 is 5.97 Å². The van der Waals surface area contributed by atoms with Gasteiger partial charge in [0.2, 0.25) is 0 Å². The van der Waals surface area contributed by atoms with Crippen LogP contribution < -0.4 is 4.34 Å². The third-order valence-corrected chi connectivity index (χ3v) is 2.36. The zero-order valence-corrected chi connectivity index (χ0v) is 9.36. The lowest BCUT2D eigenvalue weighted by atomic mass is 10.1. The van der Waals surface area contributed by atoms with Crippen molar-refractivity contribution in [2.24, 2.45) is 0 Å². The summed E-state index contributed by atoms with van der Waals surface area (Å²) in [6, 6.07) is 5.77. The van der Waals surface area contributed by atoms with E-state index >= 15 is 0 Å². The minimum atomic E-state index is -0.921. The van der Waals surface area contributed by atoms with Crippen LogP contribution in [0.2, 0.25) is 0 Å². The average Bonchev–Trinajstić information content (AvgIpc) is 2.16. The van der Waals surface area contributed by atoms with E-state index in [1.807, 2.05) is 0 Å². The van der Waals surface area contributed by atoms with Crippen LogP contribution in [-0.2, 0) is 11.2 Å². The van der Waals surface area contributed by atoms with Gasteiger partial charge in [-0.25, -0.2) is 4.34 Å². The maximum Gasteiger partial charge on any atom is 0.321 e. The van der Waals surface area contributed by atoms with Gasteiger partial charge in [0.05, 0.1) is 0 Å². The molecule has 0 saturated heterocycles. The Kier molecular flexibility index (Phi) is 5.92. The Morgan fingerprint density at radius 2 is 1.93 bits per heavy atom. The molecular formula is C9H12BrNO4. The highest BCUT2D eigenvalue weighted by Crippen LogP contribution is 2.11. The number of phenolic OH excluding ortho intramolecular Hbond substituents is 1. The van der Waals surface area contributed by atoms with Gasteiger partial charge in [-0.05, 0) is 24.1 Å². The van der Waals surface area contributed by atoms with E-state index in [9.17, 15) is 4.79 Å². The number of carboxylic acids is 1. The van der Waals surface area contributed by atoms with Crippen LogP contribution >= 0.6 is 16.1 Å². The highest BCUT2D eigenvalue weighted by atomic mass is 79.9. The molecule has 0 aliphatic carbocycles. The van der Waals surface area contributed by atoms with Crippen molar-refractivity contribution in [2.45, 2.75) is 12.5 Å². The van der Waals surface area contributed by atoms with E-state index < -0.39 is 12.0 Å². The molecule has 5 N–H and O–H groups in total. The molecule has 1 aromatic rings. The van der Waals surface area contributed by atoms with Crippen LogP contribution in [0.1, 0.15) is 5.56 Å². The smallest absolute Gasteiger partial charge is 0.321 e.